The van der Waals surface area contributed by atoms with Gasteiger partial charge in [-0.15, -0.1) is 11.3 Å². The standard InChI is InChI=1S/C15H19NOS/c1-11-5-3-4-6-14(11)7-13(9-17)8-15-10-18-12(2)16-15/h3-6,10,13,17H,7-9H2,1-2H3. The zero-order chi connectivity index (χ0) is 13.0. The van der Waals surface area contributed by atoms with E-state index in [0.717, 1.165) is 23.5 Å². The number of nitrogens with zero attached hydrogens (tertiary/aromatic N) is 1. The quantitative estimate of drug-likeness (QED) is 0.897. The summed E-state index contributed by atoms with van der Waals surface area (Å²) in [6, 6.07) is 8.38. The SMILES string of the molecule is Cc1nc(CC(CO)Cc2ccccc2C)cs1. The lowest BCUT2D eigenvalue weighted by molar-refractivity contribution is 0.224. The monoisotopic (exact) mass is 261 g/mol. The van der Waals surface area contributed by atoms with Crippen LogP contribution in [-0.2, 0) is 12.8 Å². The van der Waals surface area contributed by atoms with Crippen molar-refractivity contribution in [3.8, 4) is 0 Å². The fraction of sp³-hybridized carbons (Fsp3) is 0.400. The molecule has 3 heteroatoms. The lowest BCUT2D eigenvalue weighted by Crippen LogP contribution is -2.13. The van der Waals surface area contributed by atoms with Crippen LogP contribution < -0.4 is 0 Å². The van der Waals surface area contributed by atoms with Crippen molar-refractivity contribution >= 4 is 11.3 Å². The first kappa shape index (κ1) is 13.2. The Kier molecular flexibility index (Phi) is 4.50. The Morgan fingerprint density at radius 2 is 2.00 bits per heavy atom. The van der Waals surface area contributed by atoms with Crippen LogP contribution >= 0.6 is 11.3 Å². The van der Waals surface area contributed by atoms with Gasteiger partial charge in [0, 0.05) is 12.0 Å². The van der Waals surface area contributed by atoms with Crippen molar-refractivity contribution in [2.24, 2.45) is 5.92 Å². The van der Waals surface area contributed by atoms with Gasteiger partial charge in [-0.1, -0.05) is 24.3 Å². The molecule has 0 bridgehead atoms. The maximum Gasteiger partial charge on any atom is 0.0897 e. The zero-order valence-corrected chi connectivity index (χ0v) is 11.7. The van der Waals surface area contributed by atoms with E-state index >= 15 is 0 Å². The molecule has 0 radical (unpaired) electrons. The second-order valence-corrected chi connectivity index (χ2v) is 5.80. The molecule has 1 aromatic heterocycles. The average Bonchev–Trinajstić information content (AvgIpc) is 2.76. The van der Waals surface area contributed by atoms with Gasteiger partial charge in [0.15, 0.2) is 0 Å². The summed E-state index contributed by atoms with van der Waals surface area (Å²) in [4.78, 5) is 4.47. The Hall–Kier alpha value is -1.19. The van der Waals surface area contributed by atoms with Crippen LogP contribution in [0, 0.1) is 19.8 Å². The maximum atomic E-state index is 9.52. The van der Waals surface area contributed by atoms with Crippen molar-refractivity contribution in [1.29, 1.82) is 0 Å². The number of hydrogen-bond donors (Lipinski definition) is 1. The van der Waals surface area contributed by atoms with Crippen LogP contribution in [0.15, 0.2) is 29.6 Å². The summed E-state index contributed by atoms with van der Waals surface area (Å²) in [6.45, 7) is 4.35. The predicted molar refractivity (Wildman–Crippen MR) is 76.0 cm³/mol. The molecule has 1 N–H and O–H groups in total. The molecule has 0 aliphatic carbocycles. The number of aryl methyl sites for hydroxylation is 2. The molecule has 0 saturated heterocycles. The smallest absolute Gasteiger partial charge is 0.0897 e. The predicted octanol–water partition coefficient (Wildman–Crippen LogP) is 3.15. The van der Waals surface area contributed by atoms with E-state index in [2.05, 4.69) is 41.6 Å². The summed E-state index contributed by atoms with van der Waals surface area (Å²) in [7, 11) is 0. The highest BCUT2D eigenvalue weighted by Gasteiger charge is 2.12. The molecule has 1 atom stereocenters. The number of aliphatic hydroxyl groups is 1. The van der Waals surface area contributed by atoms with Gasteiger partial charge in [0.2, 0.25) is 0 Å². The molecule has 2 nitrogen and oxygen atoms in total. The Morgan fingerprint density at radius 1 is 1.22 bits per heavy atom. The third-order valence-electron chi connectivity index (χ3n) is 3.19. The second-order valence-electron chi connectivity index (χ2n) is 4.74. The van der Waals surface area contributed by atoms with E-state index < -0.39 is 0 Å². The fourth-order valence-corrected chi connectivity index (χ4v) is 2.77. The third-order valence-corrected chi connectivity index (χ3v) is 4.01. The summed E-state index contributed by atoms with van der Waals surface area (Å²) >= 11 is 1.67. The van der Waals surface area contributed by atoms with Gasteiger partial charge >= 0.3 is 0 Å². The average molecular weight is 261 g/mol. The lowest BCUT2D eigenvalue weighted by atomic mass is 9.93. The van der Waals surface area contributed by atoms with Crippen LogP contribution in [0.5, 0.6) is 0 Å². The van der Waals surface area contributed by atoms with E-state index in [0.29, 0.717) is 0 Å². The molecule has 0 saturated carbocycles. The van der Waals surface area contributed by atoms with Crippen LogP contribution in [-0.4, -0.2) is 16.7 Å². The van der Waals surface area contributed by atoms with Crippen LogP contribution in [0.4, 0.5) is 0 Å². The maximum absolute atomic E-state index is 9.52. The highest BCUT2D eigenvalue weighted by Crippen LogP contribution is 2.18. The molecule has 0 spiro atoms. The summed E-state index contributed by atoms with van der Waals surface area (Å²) in [6.07, 6.45) is 1.77. The zero-order valence-electron chi connectivity index (χ0n) is 10.9. The Morgan fingerprint density at radius 3 is 2.61 bits per heavy atom. The number of aromatic nitrogens is 1. The van der Waals surface area contributed by atoms with Gasteiger partial charge in [0.1, 0.15) is 0 Å². The van der Waals surface area contributed by atoms with E-state index in [-0.39, 0.29) is 12.5 Å². The van der Waals surface area contributed by atoms with Crippen molar-refractivity contribution in [2.45, 2.75) is 26.7 Å². The first-order valence-corrected chi connectivity index (χ1v) is 7.13. The van der Waals surface area contributed by atoms with Crippen LogP contribution in [0.3, 0.4) is 0 Å². The topological polar surface area (TPSA) is 33.1 Å². The van der Waals surface area contributed by atoms with E-state index in [1.54, 1.807) is 11.3 Å². The summed E-state index contributed by atoms with van der Waals surface area (Å²) in [5, 5.41) is 12.7. The summed E-state index contributed by atoms with van der Waals surface area (Å²) < 4.78 is 0. The highest BCUT2D eigenvalue weighted by atomic mass is 32.1. The summed E-state index contributed by atoms with van der Waals surface area (Å²) in [5.74, 6) is 0.257. The minimum absolute atomic E-state index is 0.213. The van der Waals surface area contributed by atoms with Crippen LogP contribution in [0.2, 0.25) is 0 Å². The number of thiazole rings is 1. The molecule has 0 aliphatic rings. The number of hydrogen-bond acceptors (Lipinski definition) is 3. The van der Waals surface area contributed by atoms with Gasteiger partial charge in [-0.2, -0.15) is 0 Å². The lowest BCUT2D eigenvalue weighted by Gasteiger charge is -2.14. The van der Waals surface area contributed by atoms with E-state index in [4.69, 9.17) is 0 Å². The van der Waals surface area contributed by atoms with Crippen molar-refractivity contribution in [2.75, 3.05) is 6.61 Å². The van der Waals surface area contributed by atoms with Crippen LogP contribution in [0.1, 0.15) is 21.8 Å². The van der Waals surface area contributed by atoms with E-state index in [1.807, 2.05) is 6.92 Å². The minimum atomic E-state index is 0.213. The number of benzene rings is 1. The molecule has 1 heterocycles. The van der Waals surface area contributed by atoms with Gasteiger partial charge in [-0.05, 0) is 43.7 Å². The number of aliphatic hydroxyl groups excluding tert-OH is 1. The Bertz CT molecular complexity index is 507. The molecule has 1 unspecified atom stereocenters. The molecule has 2 aromatic rings. The van der Waals surface area contributed by atoms with Crippen molar-refractivity contribution < 1.29 is 5.11 Å². The molecular formula is C15H19NOS. The van der Waals surface area contributed by atoms with Gasteiger partial charge < -0.3 is 5.11 Å². The van der Waals surface area contributed by atoms with Crippen molar-refractivity contribution in [3.63, 3.8) is 0 Å². The molecule has 0 amide bonds. The Labute approximate surface area is 112 Å². The van der Waals surface area contributed by atoms with E-state index in [1.165, 1.54) is 11.1 Å². The first-order valence-electron chi connectivity index (χ1n) is 6.25. The van der Waals surface area contributed by atoms with Gasteiger partial charge in [0.25, 0.3) is 0 Å². The molecule has 1 aromatic carbocycles. The molecular weight excluding hydrogens is 242 g/mol. The van der Waals surface area contributed by atoms with Gasteiger partial charge in [0.05, 0.1) is 10.7 Å². The molecule has 96 valence electrons. The first-order chi connectivity index (χ1) is 8.69. The third kappa shape index (κ3) is 3.40. The largest absolute Gasteiger partial charge is 0.396 e. The molecule has 0 aliphatic heterocycles. The summed E-state index contributed by atoms with van der Waals surface area (Å²) in [5.41, 5.74) is 3.72. The van der Waals surface area contributed by atoms with Crippen molar-refractivity contribution in [1.82, 2.24) is 4.98 Å². The Balaban J connectivity index is 2.04. The normalized spacial score (nSPS) is 12.6. The fourth-order valence-electron chi connectivity index (χ4n) is 2.15. The molecule has 0 fully saturated rings. The van der Waals surface area contributed by atoms with Gasteiger partial charge in [-0.25, -0.2) is 4.98 Å². The molecule has 2 rings (SSSR count). The van der Waals surface area contributed by atoms with Crippen LogP contribution in [0.25, 0.3) is 0 Å². The van der Waals surface area contributed by atoms with Crippen molar-refractivity contribution in [3.05, 3.63) is 51.5 Å². The number of rotatable bonds is 5. The molecule has 18 heavy (non-hydrogen) atoms. The highest BCUT2D eigenvalue weighted by molar-refractivity contribution is 7.09. The van der Waals surface area contributed by atoms with E-state index in [9.17, 15) is 5.11 Å². The van der Waals surface area contributed by atoms with Gasteiger partial charge in [-0.3, -0.25) is 0 Å². The second kappa shape index (κ2) is 6.12. The minimum Gasteiger partial charge on any atom is -0.396 e.